The van der Waals surface area contributed by atoms with Gasteiger partial charge in [-0.25, -0.2) is 0 Å². The van der Waals surface area contributed by atoms with E-state index >= 15 is 0 Å². The van der Waals surface area contributed by atoms with Crippen LogP contribution in [0.5, 0.6) is 0 Å². The van der Waals surface area contributed by atoms with Crippen molar-refractivity contribution in [2.24, 2.45) is 5.41 Å². The van der Waals surface area contributed by atoms with Gasteiger partial charge in [0.2, 0.25) is 0 Å². The van der Waals surface area contributed by atoms with E-state index in [-0.39, 0.29) is 0 Å². The monoisotopic (exact) mass is 222 g/mol. The first kappa shape index (κ1) is 11.5. The standard InChI is InChI=1S/C8H14O5S/c1-3-6(13-14(2,11)12)8(4-5-8)7(9)10/h6H,3-5H2,1-2H3,(H,9,10)/t6-/m0/s1. The Kier molecular flexibility index (Phi) is 2.87. The molecular weight excluding hydrogens is 208 g/mol. The van der Waals surface area contributed by atoms with Gasteiger partial charge in [0.15, 0.2) is 0 Å². The highest BCUT2D eigenvalue weighted by molar-refractivity contribution is 7.86. The molecule has 0 heterocycles. The molecule has 0 aromatic carbocycles. The van der Waals surface area contributed by atoms with Crippen LogP contribution in [0.1, 0.15) is 26.2 Å². The van der Waals surface area contributed by atoms with Gasteiger partial charge in [-0.05, 0) is 19.3 Å². The van der Waals surface area contributed by atoms with Gasteiger partial charge < -0.3 is 5.11 Å². The minimum Gasteiger partial charge on any atom is -0.481 e. The molecule has 0 amide bonds. The summed E-state index contributed by atoms with van der Waals surface area (Å²) in [5, 5.41) is 8.93. The van der Waals surface area contributed by atoms with Crippen molar-refractivity contribution in [1.82, 2.24) is 0 Å². The number of rotatable bonds is 5. The molecule has 0 aliphatic heterocycles. The second kappa shape index (κ2) is 3.51. The molecule has 0 aromatic heterocycles. The van der Waals surface area contributed by atoms with Crippen molar-refractivity contribution in [2.45, 2.75) is 32.3 Å². The topological polar surface area (TPSA) is 80.7 Å². The summed E-state index contributed by atoms with van der Waals surface area (Å²) in [5.74, 6) is -0.965. The van der Waals surface area contributed by atoms with E-state index in [9.17, 15) is 13.2 Å². The summed E-state index contributed by atoms with van der Waals surface area (Å²) in [7, 11) is -3.58. The lowest BCUT2D eigenvalue weighted by Crippen LogP contribution is -2.33. The minimum atomic E-state index is -3.58. The SMILES string of the molecule is CC[C@H](OS(C)(=O)=O)C1(C(=O)O)CC1. The molecule has 1 rings (SSSR count). The third kappa shape index (κ3) is 2.24. The van der Waals surface area contributed by atoms with Gasteiger partial charge in [-0.1, -0.05) is 6.92 Å². The third-order valence-corrected chi connectivity index (χ3v) is 3.07. The first-order valence-corrected chi connectivity index (χ1v) is 6.25. The Labute approximate surface area is 83.2 Å². The van der Waals surface area contributed by atoms with Crippen molar-refractivity contribution in [3.05, 3.63) is 0 Å². The van der Waals surface area contributed by atoms with E-state index in [2.05, 4.69) is 0 Å². The van der Waals surface area contributed by atoms with Gasteiger partial charge in [-0.15, -0.1) is 0 Å². The van der Waals surface area contributed by atoms with E-state index in [4.69, 9.17) is 9.29 Å². The van der Waals surface area contributed by atoms with Crippen LogP contribution < -0.4 is 0 Å². The van der Waals surface area contributed by atoms with E-state index in [1.807, 2.05) is 0 Å². The molecule has 0 aromatic rings. The maximum atomic E-state index is 10.9. The highest BCUT2D eigenvalue weighted by Crippen LogP contribution is 2.51. The average molecular weight is 222 g/mol. The maximum Gasteiger partial charge on any atom is 0.312 e. The van der Waals surface area contributed by atoms with Gasteiger partial charge in [0, 0.05) is 0 Å². The molecular formula is C8H14O5S. The van der Waals surface area contributed by atoms with Crippen LogP contribution in [0.2, 0.25) is 0 Å². The number of carboxylic acids is 1. The van der Waals surface area contributed by atoms with Crippen LogP contribution in [0.25, 0.3) is 0 Å². The van der Waals surface area contributed by atoms with E-state index in [0.717, 1.165) is 6.26 Å². The number of carbonyl (C=O) groups is 1. The molecule has 1 fully saturated rings. The van der Waals surface area contributed by atoms with Gasteiger partial charge in [-0.2, -0.15) is 8.42 Å². The molecule has 1 aliphatic carbocycles. The molecule has 1 saturated carbocycles. The Morgan fingerprint density at radius 3 is 2.29 bits per heavy atom. The lowest BCUT2D eigenvalue weighted by molar-refractivity contribution is -0.147. The molecule has 0 bridgehead atoms. The third-order valence-electron chi connectivity index (χ3n) is 2.49. The van der Waals surface area contributed by atoms with Crippen molar-refractivity contribution in [3.63, 3.8) is 0 Å². The number of hydrogen-bond donors (Lipinski definition) is 1. The van der Waals surface area contributed by atoms with Crippen LogP contribution in [-0.4, -0.2) is 31.9 Å². The van der Waals surface area contributed by atoms with Crippen molar-refractivity contribution in [2.75, 3.05) is 6.26 Å². The lowest BCUT2D eigenvalue weighted by atomic mass is 9.98. The first-order valence-electron chi connectivity index (χ1n) is 4.43. The number of hydrogen-bond acceptors (Lipinski definition) is 4. The molecule has 0 radical (unpaired) electrons. The van der Waals surface area contributed by atoms with Gasteiger partial charge in [0.25, 0.3) is 10.1 Å². The molecule has 5 nitrogen and oxygen atoms in total. The minimum absolute atomic E-state index is 0.388. The van der Waals surface area contributed by atoms with Crippen molar-refractivity contribution in [3.8, 4) is 0 Å². The second-order valence-corrected chi connectivity index (χ2v) is 5.26. The van der Waals surface area contributed by atoms with Crippen LogP contribution >= 0.6 is 0 Å². The Morgan fingerprint density at radius 1 is 1.57 bits per heavy atom. The quantitative estimate of drug-likeness (QED) is 0.689. The van der Waals surface area contributed by atoms with Crippen molar-refractivity contribution in [1.29, 1.82) is 0 Å². The van der Waals surface area contributed by atoms with Crippen molar-refractivity contribution >= 4 is 16.1 Å². The Morgan fingerprint density at radius 2 is 2.07 bits per heavy atom. The molecule has 0 spiro atoms. The van der Waals surface area contributed by atoms with Gasteiger partial charge in [0.1, 0.15) is 0 Å². The molecule has 1 atom stereocenters. The summed E-state index contributed by atoms with van der Waals surface area (Å²) in [6, 6.07) is 0. The number of carboxylic acid groups (broad SMARTS) is 1. The Bertz CT molecular complexity index is 328. The molecule has 82 valence electrons. The average Bonchev–Trinajstić information content (AvgIpc) is 2.78. The largest absolute Gasteiger partial charge is 0.481 e. The van der Waals surface area contributed by atoms with Crippen LogP contribution in [0, 0.1) is 5.41 Å². The summed E-state index contributed by atoms with van der Waals surface area (Å²) < 4.78 is 26.5. The summed E-state index contributed by atoms with van der Waals surface area (Å²) >= 11 is 0. The van der Waals surface area contributed by atoms with Gasteiger partial charge in [-0.3, -0.25) is 8.98 Å². The second-order valence-electron chi connectivity index (χ2n) is 3.66. The fourth-order valence-electron chi connectivity index (χ4n) is 1.57. The Hall–Kier alpha value is -0.620. The van der Waals surface area contributed by atoms with Crippen LogP contribution in [0.15, 0.2) is 0 Å². The zero-order valence-corrected chi connectivity index (χ0v) is 9.00. The van der Waals surface area contributed by atoms with Crippen LogP contribution in [0.3, 0.4) is 0 Å². The summed E-state index contributed by atoms with van der Waals surface area (Å²) in [6.07, 6.45) is 1.59. The molecule has 0 saturated heterocycles. The zero-order chi connectivity index (χ0) is 11.0. The fraction of sp³-hybridized carbons (Fsp3) is 0.875. The summed E-state index contributed by atoms with van der Waals surface area (Å²) in [4.78, 5) is 10.9. The molecule has 0 unspecified atom stereocenters. The van der Waals surface area contributed by atoms with Gasteiger partial charge >= 0.3 is 5.97 Å². The zero-order valence-electron chi connectivity index (χ0n) is 8.19. The maximum absolute atomic E-state index is 10.9. The smallest absolute Gasteiger partial charge is 0.312 e. The Balaban J connectivity index is 2.78. The number of aliphatic carboxylic acids is 1. The highest BCUT2D eigenvalue weighted by atomic mass is 32.2. The fourth-order valence-corrected chi connectivity index (χ4v) is 2.31. The summed E-state index contributed by atoms with van der Waals surface area (Å²) in [6.45, 7) is 1.72. The molecule has 1 N–H and O–H groups in total. The van der Waals surface area contributed by atoms with E-state index < -0.39 is 27.6 Å². The van der Waals surface area contributed by atoms with Gasteiger partial charge in [0.05, 0.1) is 17.8 Å². The molecule has 6 heteroatoms. The first-order chi connectivity index (χ1) is 6.32. The normalized spacial score (nSPS) is 21.6. The van der Waals surface area contributed by atoms with Crippen molar-refractivity contribution < 1.29 is 22.5 Å². The molecule has 14 heavy (non-hydrogen) atoms. The van der Waals surface area contributed by atoms with Crippen LogP contribution in [0.4, 0.5) is 0 Å². The highest BCUT2D eigenvalue weighted by Gasteiger charge is 2.57. The van der Waals surface area contributed by atoms with E-state index in [0.29, 0.717) is 19.3 Å². The predicted molar refractivity (Wildman–Crippen MR) is 49.3 cm³/mol. The van der Waals surface area contributed by atoms with Crippen LogP contribution in [-0.2, 0) is 19.1 Å². The predicted octanol–water partition coefficient (Wildman–Crippen LogP) is 0.606. The van der Waals surface area contributed by atoms with E-state index in [1.54, 1.807) is 6.92 Å². The molecule has 1 aliphatic rings. The lowest BCUT2D eigenvalue weighted by Gasteiger charge is -2.20. The summed E-state index contributed by atoms with van der Waals surface area (Å²) in [5.41, 5.74) is -0.960. The van der Waals surface area contributed by atoms with E-state index in [1.165, 1.54) is 0 Å².